The van der Waals surface area contributed by atoms with Gasteiger partial charge in [-0.15, -0.1) is 0 Å². The van der Waals surface area contributed by atoms with Crippen molar-refractivity contribution >= 4 is 23.4 Å². The zero-order valence-corrected chi connectivity index (χ0v) is 17.7. The summed E-state index contributed by atoms with van der Waals surface area (Å²) in [6.07, 6.45) is 4.97. The van der Waals surface area contributed by atoms with E-state index >= 15 is 0 Å². The highest BCUT2D eigenvalue weighted by Crippen LogP contribution is 2.28. The molecule has 1 N–H and O–H groups in total. The number of piperidine rings is 1. The second-order valence-electron chi connectivity index (χ2n) is 8.34. The molecular formula is C23H33N3O3. The van der Waals surface area contributed by atoms with E-state index in [9.17, 15) is 14.4 Å². The van der Waals surface area contributed by atoms with Gasteiger partial charge in [-0.3, -0.25) is 14.4 Å². The van der Waals surface area contributed by atoms with Gasteiger partial charge in [0.05, 0.1) is 5.92 Å². The van der Waals surface area contributed by atoms with E-state index < -0.39 is 0 Å². The molecule has 3 rings (SSSR count). The molecule has 1 atom stereocenters. The van der Waals surface area contributed by atoms with E-state index in [4.69, 9.17) is 0 Å². The molecule has 0 aliphatic carbocycles. The molecule has 0 spiro atoms. The van der Waals surface area contributed by atoms with Crippen LogP contribution in [0.25, 0.3) is 0 Å². The highest BCUT2D eigenvalue weighted by Gasteiger charge is 2.38. The van der Waals surface area contributed by atoms with Crippen molar-refractivity contribution in [3.63, 3.8) is 0 Å². The average molecular weight is 400 g/mol. The van der Waals surface area contributed by atoms with Gasteiger partial charge < -0.3 is 15.1 Å². The van der Waals surface area contributed by atoms with Gasteiger partial charge in [-0.25, -0.2) is 0 Å². The number of aryl methyl sites for hydroxylation is 1. The van der Waals surface area contributed by atoms with Crippen molar-refractivity contribution in [3.05, 3.63) is 29.8 Å². The number of nitrogens with zero attached hydrogens (tertiary/aromatic N) is 2. The van der Waals surface area contributed by atoms with E-state index in [1.54, 1.807) is 4.90 Å². The van der Waals surface area contributed by atoms with Crippen LogP contribution >= 0.6 is 0 Å². The Morgan fingerprint density at radius 3 is 2.41 bits per heavy atom. The summed E-state index contributed by atoms with van der Waals surface area (Å²) in [6, 6.07) is 7.83. The summed E-state index contributed by atoms with van der Waals surface area (Å²) in [7, 11) is 0. The highest BCUT2D eigenvalue weighted by molar-refractivity contribution is 6.00. The lowest BCUT2D eigenvalue weighted by Crippen LogP contribution is -2.45. The van der Waals surface area contributed by atoms with Crippen molar-refractivity contribution in [2.45, 2.75) is 52.4 Å². The Labute approximate surface area is 173 Å². The monoisotopic (exact) mass is 399 g/mol. The van der Waals surface area contributed by atoms with Gasteiger partial charge in [0.2, 0.25) is 17.7 Å². The molecule has 0 radical (unpaired) electrons. The van der Waals surface area contributed by atoms with Gasteiger partial charge >= 0.3 is 0 Å². The molecule has 0 bridgehead atoms. The van der Waals surface area contributed by atoms with Crippen LogP contribution in [-0.2, 0) is 14.4 Å². The van der Waals surface area contributed by atoms with E-state index in [2.05, 4.69) is 12.2 Å². The van der Waals surface area contributed by atoms with Crippen LogP contribution in [0.4, 0.5) is 5.69 Å². The Morgan fingerprint density at radius 2 is 1.76 bits per heavy atom. The molecule has 6 nitrogen and oxygen atoms in total. The molecule has 6 heteroatoms. The van der Waals surface area contributed by atoms with Crippen LogP contribution in [0, 0.1) is 18.8 Å². The van der Waals surface area contributed by atoms with Crippen LogP contribution in [0.1, 0.15) is 51.0 Å². The second-order valence-corrected chi connectivity index (χ2v) is 8.34. The number of carbonyl (C=O) groups excluding carboxylic acids is 3. The first kappa shape index (κ1) is 21.3. The number of anilines is 1. The van der Waals surface area contributed by atoms with Gasteiger partial charge in [-0.2, -0.15) is 0 Å². The molecule has 158 valence electrons. The van der Waals surface area contributed by atoms with Crippen LogP contribution < -0.4 is 10.2 Å². The smallest absolute Gasteiger partial charge is 0.228 e. The summed E-state index contributed by atoms with van der Waals surface area (Å²) in [5, 5.41) is 3.03. The number of hydrogen-bond donors (Lipinski definition) is 1. The van der Waals surface area contributed by atoms with Crippen LogP contribution in [0.15, 0.2) is 24.3 Å². The van der Waals surface area contributed by atoms with Crippen LogP contribution in [-0.4, -0.2) is 48.8 Å². The number of amides is 3. The lowest BCUT2D eigenvalue weighted by molar-refractivity contribution is -0.139. The zero-order chi connectivity index (χ0) is 20.8. The quantitative estimate of drug-likeness (QED) is 0.717. The Bertz CT molecular complexity index is 723. The number of benzene rings is 1. The van der Waals surface area contributed by atoms with Crippen molar-refractivity contribution in [2.24, 2.45) is 11.8 Å². The topological polar surface area (TPSA) is 69.7 Å². The molecule has 0 aromatic heterocycles. The van der Waals surface area contributed by atoms with Gasteiger partial charge in [-0.05, 0) is 38.3 Å². The van der Waals surface area contributed by atoms with E-state index in [0.717, 1.165) is 37.1 Å². The standard InChI is InChI=1S/C23H33N3O3/c1-3-4-5-12-24-22(28)18-10-13-25(14-11-18)23(29)19-15-21(27)26(16-19)20-8-6-17(2)7-9-20/h6-9,18-19H,3-5,10-16H2,1-2H3,(H,24,28). The number of carbonyl (C=O) groups is 3. The van der Waals surface area contributed by atoms with Gasteiger partial charge in [0.1, 0.15) is 0 Å². The zero-order valence-electron chi connectivity index (χ0n) is 17.7. The predicted molar refractivity (Wildman–Crippen MR) is 113 cm³/mol. The van der Waals surface area contributed by atoms with Gasteiger partial charge in [0.15, 0.2) is 0 Å². The van der Waals surface area contributed by atoms with Crippen molar-refractivity contribution in [3.8, 4) is 0 Å². The molecule has 1 unspecified atom stereocenters. The first-order valence-corrected chi connectivity index (χ1v) is 10.9. The van der Waals surface area contributed by atoms with Crippen LogP contribution in [0.5, 0.6) is 0 Å². The maximum atomic E-state index is 12.9. The maximum absolute atomic E-state index is 12.9. The predicted octanol–water partition coefficient (Wildman–Crippen LogP) is 2.89. The molecule has 0 saturated carbocycles. The molecule has 2 aliphatic rings. The summed E-state index contributed by atoms with van der Waals surface area (Å²) in [5.41, 5.74) is 2.00. The third kappa shape index (κ3) is 5.37. The average Bonchev–Trinajstić information content (AvgIpc) is 3.13. The number of hydrogen-bond acceptors (Lipinski definition) is 3. The summed E-state index contributed by atoms with van der Waals surface area (Å²) in [6.45, 7) is 6.54. The molecule has 2 saturated heterocycles. The minimum absolute atomic E-state index is 0.00468. The van der Waals surface area contributed by atoms with E-state index in [0.29, 0.717) is 32.5 Å². The second kappa shape index (κ2) is 9.90. The van der Waals surface area contributed by atoms with Crippen LogP contribution in [0.2, 0.25) is 0 Å². The molecule has 1 aromatic carbocycles. The van der Waals surface area contributed by atoms with Gasteiger partial charge in [0.25, 0.3) is 0 Å². The maximum Gasteiger partial charge on any atom is 0.228 e. The summed E-state index contributed by atoms with van der Waals surface area (Å²) in [4.78, 5) is 41.3. The summed E-state index contributed by atoms with van der Waals surface area (Å²) >= 11 is 0. The molecule has 29 heavy (non-hydrogen) atoms. The molecular weight excluding hydrogens is 366 g/mol. The SMILES string of the molecule is CCCCCNC(=O)C1CCN(C(=O)C2CC(=O)N(c3ccc(C)cc3)C2)CC1. The minimum atomic E-state index is -0.289. The number of unbranched alkanes of at least 4 members (excludes halogenated alkanes) is 2. The normalized spacial score (nSPS) is 20.2. The molecule has 2 aliphatic heterocycles. The Morgan fingerprint density at radius 1 is 1.07 bits per heavy atom. The fourth-order valence-corrected chi connectivity index (χ4v) is 4.20. The number of likely N-dealkylation sites (tertiary alicyclic amines) is 1. The fourth-order valence-electron chi connectivity index (χ4n) is 4.20. The lowest BCUT2D eigenvalue weighted by atomic mass is 9.94. The third-order valence-corrected chi connectivity index (χ3v) is 6.08. The van der Waals surface area contributed by atoms with Crippen molar-refractivity contribution < 1.29 is 14.4 Å². The first-order chi connectivity index (χ1) is 14.0. The van der Waals surface area contributed by atoms with Gasteiger partial charge in [-0.1, -0.05) is 37.5 Å². The number of nitrogens with one attached hydrogen (secondary N) is 1. The van der Waals surface area contributed by atoms with Crippen molar-refractivity contribution in [1.82, 2.24) is 10.2 Å². The van der Waals surface area contributed by atoms with Gasteiger partial charge in [0, 0.05) is 44.2 Å². The van der Waals surface area contributed by atoms with E-state index in [1.807, 2.05) is 36.1 Å². The molecule has 1 aromatic rings. The highest BCUT2D eigenvalue weighted by atomic mass is 16.2. The molecule has 3 amide bonds. The lowest BCUT2D eigenvalue weighted by Gasteiger charge is -2.33. The largest absolute Gasteiger partial charge is 0.356 e. The van der Waals surface area contributed by atoms with Crippen LogP contribution in [0.3, 0.4) is 0 Å². The number of rotatable bonds is 7. The van der Waals surface area contributed by atoms with E-state index in [-0.39, 0.29) is 36.0 Å². The molecule has 2 fully saturated rings. The van der Waals surface area contributed by atoms with Crippen molar-refractivity contribution in [2.75, 3.05) is 31.1 Å². The summed E-state index contributed by atoms with van der Waals surface area (Å²) < 4.78 is 0. The first-order valence-electron chi connectivity index (χ1n) is 10.9. The Balaban J connectivity index is 1.47. The molecule has 2 heterocycles. The minimum Gasteiger partial charge on any atom is -0.356 e. The Kier molecular flexibility index (Phi) is 7.29. The van der Waals surface area contributed by atoms with Crippen molar-refractivity contribution in [1.29, 1.82) is 0 Å². The summed E-state index contributed by atoms with van der Waals surface area (Å²) in [5.74, 6) is -0.115. The fraction of sp³-hybridized carbons (Fsp3) is 0.609. The third-order valence-electron chi connectivity index (χ3n) is 6.08. The Hall–Kier alpha value is -2.37. The van der Waals surface area contributed by atoms with E-state index in [1.165, 1.54) is 0 Å².